The van der Waals surface area contributed by atoms with Crippen LogP contribution in [0.25, 0.3) is 75.1 Å². The van der Waals surface area contributed by atoms with Crippen molar-refractivity contribution in [2.24, 2.45) is 0 Å². The molecule has 3 heteroatoms. The van der Waals surface area contributed by atoms with Gasteiger partial charge < -0.3 is 9.32 Å². The molecule has 0 saturated carbocycles. The largest absolute Gasteiger partial charge is 0.455 e. The van der Waals surface area contributed by atoms with Crippen molar-refractivity contribution in [2.45, 2.75) is 0 Å². The van der Waals surface area contributed by atoms with Gasteiger partial charge in [-0.15, -0.1) is 11.3 Å². The van der Waals surface area contributed by atoms with Gasteiger partial charge in [-0.3, -0.25) is 0 Å². The zero-order valence-corrected chi connectivity index (χ0v) is 25.6. The number of anilines is 3. The summed E-state index contributed by atoms with van der Waals surface area (Å²) < 4.78 is 206. The number of fused-ring (bicyclic) bond motifs is 8. The van der Waals surface area contributed by atoms with Crippen LogP contribution in [0.1, 0.15) is 30.2 Å². The average molecular weight is 666 g/mol. The predicted molar refractivity (Wildman–Crippen MR) is 210 cm³/mol. The van der Waals surface area contributed by atoms with E-state index in [1.165, 1.54) is 11.3 Å². The van der Waals surface area contributed by atoms with Crippen molar-refractivity contribution in [3.63, 3.8) is 0 Å². The van der Waals surface area contributed by atoms with E-state index in [1.807, 2.05) is 30.3 Å². The zero-order chi connectivity index (χ0) is 51.5. The maximum atomic E-state index is 9.72. The number of thiophene rings is 1. The van der Waals surface area contributed by atoms with Gasteiger partial charge in [0.1, 0.15) is 11.2 Å². The first kappa shape index (κ1) is 13.8. The summed E-state index contributed by atoms with van der Waals surface area (Å²) in [5.41, 5.74) is -5.13. The number of hydrogen-bond donors (Lipinski definition) is 0. The maximum absolute atomic E-state index is 9.72. The van der Waals surface area contributed by atoms with Crippen molar-refractivity contribution in [1.82, 2.24) is 0 Å². The van der Waals surface area contributed by atoms with Crippen LogP contribution in [0.3, 0.4) is 0 Å². The van der Waals surface area contributed by atoms with E-state index < -0.39 is 194 Å². The third-order valence-corrected chi connectivity index (χ3v) is 9.27. The average Bonchev–Trinajstić information content (AvgIpc) is 3.94. The Kier molecular flexibility index (Phi) is 3.15. The summed E-state index contributed by atoms with van der Waals surface area (Å²) in [6.07, 6.45) is 0. The van der Waals surface area contributed by atoms with Gasteiger partial charge in [-0.25, -0.2) is 0 Å². The first-order chi connectivity index (χ1) is 33.5. The molecule has 2 aromatic heterocycles. The highest BCUT2D eigenvalue weighted by atomic mass is 32.1. The second kappa shape index (κ2) is 11.2. The number of hydrogen-bond acceptors (Lipinski definition) is 3. The normalized spacial score (nSPS) is 18.0. The Morgan fingerprint density at radius 2 is 1.22 bits per heavy atom. The maximum Gasteiger partial charge on any atom is 0.143 e. The first-order valence-electron chi connectivity index (χ1n) is 25.8. The SMILES string of the molecule is [2H]c1c([2H])c([2H])c(-c2c([2H])c([2H])c(N(c3c([2H])c([2H])c(-c4cccc5c4sc4ccccc45)c([2H])c3[2H])c3c([2H])c([2H])c([2H])c4oc5c6c([2H])c([2H])c([2H])c([2H])c6c([2H])c([2H])c5c34)c([2H])c2[2H])c([2H])c1[2H]. The minimum Gasteiger partial charge on any atom is -0.455 e. The molecule has 10 aromatic rings. The van der Waals surface area contributed by atoms with Gasteiger partial charge in [-0.2, -0.15) is 0 Å². The second-order valence-electron chi connectivity index (χ2n) is 10.8. The van der Waals surface area contributed by atoms with Crippen LogP contribution < -0.4 is 4.90 Å². The van der Waals surface area contributed by atoms with Crippen LogP contribution in [-0.4, -0.2) is 0 Å². The fourth-order valence-electron chi connectivity index (χ4n) is 5.87. The molecule has 0 amide bonds. The fraction of sp³-hybridized carbons (Fsp3) is 0. The number of furan rings is 1. The molecule has 0 unspecified atom stereocenters. The predicted octanol–water partition coefficient (Wildman–Crippen LogP) is 13.9. The molecule has 0 N–H and O–H groups in total. The summed E-state index contributed by atoms with van der Waals surface area (Å²) in [7, 11) is 0. The van der Waals surface area contributed by atoms with E-state index >= 15 is 0 Å². The van der Waals surface area contributed by atoms with Crippen molar-refractivity contribution in [3.8, 4) is 22.3 Å². The summed E-state index contributed by atoms with van der Waals surface area (Å²) in [6.45, 7) is 0. The van der Waals surface area contributed by atoms with Gasteiger partial charge in [0, 0.05) is 42.3 Å². The molecule has 0 fully saturated rings. The lowest BCUT2D eigenvalue weighted by Gasteiger charge is -2.26. The summed E-state index contributed by atoms with van der Waals surface area (Å²) in [5, 5.41) is -0.340. The molecular weight excluding hydrogens is 615 g/mol. The van der Waals surface area contributed by atoms with E-state index in [2.05, 4.69) is 0 Å². The Hall–Kier alpha value is -6.16. The summed E-state index contributed by atoms with van der Waals surface area (Å²) >= 11 is 1.34. The van der Waals surface area contributed by atoms with Crippen molar-refractivity contribution in [1.29, 1.82) is 0 Å². The minimum absolute atomic E-state index is 0.197. The molecule has 0 aliphatic rings. The van der Waals surface area contributed by atoms with Crippen LogP contribution in [0.2, 0.25) is 0 Å². The van der Waals surface area contributed by atoms with Gasteiger partial charge in [0.25, 0.3) is 0 Å². The van der Waals surface area contributed by atoms with E-state index in [4.69, 9.17) is 20.9 Å². The molecule has 0 atom stereocenters. The highest BCUT2D eigenvalue weighted by Crippen LogP contribution is 2.45. The molecule has 0 spiro atoms. The Morgan fingerprint density at radius 3 is 2.06 bits per heavy atom. The molecule has 0 aliphatic carbocycles. The van der Waals surface area contributed by atoms with Crippen LogP contribution in [0.4, 0.5) is 17.1 Å². The molecular formula is C46H29NOS. The molecule has 8 aromatic carbocycles. The minimum atomic E-state index is -1.09. The zero-order valence-electron chi connectivity index (χ0n) is 46.8. The van der Waals surface area contributed by atoms with Crippen molar-refractivity contribution >= 4 is 81.3 Å². The quantitative estimate of drug-likeness (QED) is 0.182. The van der Waals surface area contributed by atoms with Crippen LogP contribution in [0.5, 0.6) is 0 Å². The van der Waals surface area contributed by atoms with E-state index in [0.717, 1.165) is 15.5 Å². The van der Waals surface area contributed by atoms with Gasteiger partial charge >= 0.3 is 0 Å². The van der Waals surface area contributed by atoms with Crippen molar-refractivity contribution in [2.75, 3.05) is 4.90 Å². The number of rotatable bonds is 5. The van der Waals surface area contributed by atoms with Crippen LogP contribution in [0.15, 0.2) is 180 Å². The molecule has 2 heterocycles. The van der Waals surface area contributed by atoms with Crippen molar-refractivity contribution in [3.05, 3.63) is 175 Å². The summed E-state index contributed by atoms with van der Waals surface area (Å²) in [6, 6.07) is -6.41. The Morgan fingerprint density at radius 1 is 0.510 bits per heavy atom. The highest BCUT2D eigenvalue weighted by molar-refractivity contribution is 7.26. The number of benzene rings is 8. The molecule has 49 heavy (non-hydrogen) atoms. The lowest BCUT2D eigenvalue weighted by atomic mass is 10.0. The molecule has 230 valence electrons. The lowest BCUT2D eigenvalue weighted by Crippen LogP contribution is -2.10. The molecule has 0 bridgehead atoms. The standard InChI is InChI=1S/C46H29NOS/c1-2-10-30(11-3-1)31-20-25-34(26-21-31)47(41-17-9-18-42-44(41)40-29-24-32-12-4-5-13-36(32)45(40)48-42)35-27-22-33(23-28-35)37-15-8-16-39-38-14-6-7-19-43(38)49-46(37)39/h1-29H/i1D,2D,3D,4D,5D,9D,10D,11D,12D,13D,17D,18D,20D,21D,22D,23D,24D,25D,26D,27D,28D,29D. The summed E-state index contributed by atoms with van der Waals surface area (Å²) in [4.78, 5) is 0.627. The third kappa shape index (κ3) is 4.55. The van der Waals surface area contributed by atoms with Crippen LogP contribution in [-0.2, 0) is 0 Å². The highest BCUT2D eigenvalue weighted by Gasteiger charge is 2.21. The van der Waals surface area contributed by atoms with E-state index in [9.17, 15) is 13.7 Å². The Labute approximate surface area is 318 Å². The fourth-order valence-corrected chi connectivity index (χ4v) is 7.09. The first-order valence-corrected chi connectivity index (χ1v) is 15.6. The summed E-state index contributed by atoms with van der Waals surface area (Å²) in [5.74, 6) is 0. The van der Waals surface area contributed by atoms with Crippen LogP contribution >= 0.6 is 11.3 Å². The van der Waals surface area contributed by atoms with E-state index in [-0.39, 0.29) is 5.56 Å². The van der Waals surface area contributed by atoms with Gasteiger partial charge in [-0.1, -0.05) is 127 Å². The van der Waals surface area contributed by atoms with Gasteiger partial charge in [0.2, 0.25) is 0 Å². The number of nitrogens with zero attached hydrogens (tertiary/aromatic N) is 1. The molecule has 0 radical (unpaired) electrons. The lowest BCUT2D eigenvalue weighted by molar-refractivity contribution is 0.672. The molecule has 10 rings (SSSR count). The molecule has 0 saturated heterocycles. The van der Waals surface area contributed by atoms with Gasteiger partial charge in [0.15, 0.2) is 0 Å². The monoisotopic (exact) mass is 665 g/mol. The molecule has 0 aliphatic heterocycles. The Bertz CT molecular complexity index is 4020. The van der Waals surface area contributed by atoms with Gasteiger partial charge in [-0.05, 0) is 76.0 Å². The van der Waals surface area contributed by atoms with E-state index in [1.54, 1.807) is 12.1 Å². The van der Waals surface area contributed by atoms with Crippen molar-refractivity contribution < 1.29 is 34.6 Å². The molecule has 2 nitrogen and oxygen atoms in total. The third-order valence-electron chi connectivity index (χ3n) is 8.05. The van der Waals surface area contributed by atoms with E-state index in [0.29, 0.717) is 15.2 Å². The van der Waals surface area contributed by atoms with Gasteiger partial charge in [0.05, 0.1) is 41.2 Å². The van der Waals surface area contributed by atoms with Crippen LogP contribution in [0, 0.1) is 0 Å². The Balaban J connectivity index is 1.41. The topological polar surface area (TPSA) is 16.4 Å². The second-order valence-corrected chi connectivity index (χ2v) is 11.8. The smallest absolute Gasteiger partial charge is 0.143 e.